The molecule has 3 heteroatoms. The van der Waals surface area contributed by atoms with Crippen molar-refractivity contribution in [3.63, 3.8) is 0 Å². The standard InChI is InChI=1S/C14H21NO2/c1-2-17-14-5-3-11(4-6-14)12-7-8-15-13(9-12)10-16/h3-6,12-13,15-16H,2,7-10H2,1H3. The van der Waals surface area contributed by atoms with E-state index in [1.165, 1.54) is 5.56 Å². The van der Waals surface area contributed by atoms with Gasteiger partial charge in [-0.15, -0.1) is 0 Å². The number of benzene rings is 1. The van der Waals surface area contributed by atoms with E-state index >= 15 is 0 Å². The van der Waals surface area contributed by atoms with E-state index in [0.717, 1.165) is 25.1 Å². The van der Waals surface area contributed by atoms with Gasteiger partial charge in [-0.3, -0.25) is 0 Å². The number of ether oxygens (including phenoxy) is 1. The highest BCUT2D eigenvalue weighted by molar-refractivity contribution is 5.29. The lowest BCUT2D eigenvalue weighted by Crippen LogP contribution is -2.39. The summed E-state index contributed by atoms with van der Waals surface area (Å²) in [5, 5.41) is 12.5. The lowest BCUT2D eigenvalue weighted by atomic mass is 9.86. The zero-order valence-corrected chi connectivity index (χ0v) is 10.4. The van der Waals surface area contributed by atoms with Crippen molar-refractivity contribution in [1.29, 1.82) is 0 Å². The van der Waals surface area contributed by atoms with Crippen LogP contribution in [0, 0.1) is 0 Å². The first-order valence-electron chi connectivity index (χ1n) is 6.40. The predicted molar refractivity (Wildman–Crippen MR) is 68.5 cm³/mol. The first-order chi connectivity index (χ1) is 8.33. The second-order valence-corrected chi connectivity index (χ2v) is 4.56. The van der Waals surface area contributed by atoms with Gasteiger partial charge in [0.2, 0.25) is 0 Å². The Balaban J connectivity index is 2.01. The first kappa shape index (κ1) is 12.4. The molecule has 0 radical (unpaired) electrons. The molecule has 1 aromatic rings. The summed E-state index contributed by atoms with van der Waals surface area (Å²) in [7, 11) is 0. The van der Waals surface area contributed by atoms with E-state index in [1.54, 1.807) is 0 Å². The molecule has 1 fully saturated rings. The summed E-state index contributed by atoms with van der Waals surface area (Å²) in [6.07, 6.45) is 2.16. The number of nitrogens with one attached hydrogen (secondary N) is 1. The fraction of sp³-hybridized carbons (Fsp3) is 0.571. The molecule has 1 aliphatic rings. The van der Waals surface area contributed by atoms with Crippen LogP contribution in [-0.4, -0.2) is 30.9 Å². The Labute approximate surface area is 103 Å². The molecule has 2 N–H and O–H groups in total. The third-order valence-corrected chi connectivity index (χ3v) is 3.38. The second kappa shape index (κ2) is 6.03. The first-order valence-corrected chi connectivity index (χ1v) is 6.40. The Hall–Kier alpha value is -1.06. The Kier molecular flexibility index (Phi) is 4.40. The average Bonchev–Trinajstić information content (AvgIpc) is 2.40. The highest BCUT2D eigenvalue weighted by Crippen LogP contribution is 2.28. The largest absolute Gasteiger partial charge is 0.494 e. The van der Waals surface area contributed by atoms with Crippen molar-refractivity contribution in [2.45, 2.75) is 31.7 Å². The Bertz CT molecular complexity index is 337. The van der Waals surface area contributed by atoms with Gasteiger partial charge in [0, 0.05) is 6.04 Å². The minimum Gasteiger partial charge on any atom is -0.494 e. The van der Waals surface area contributed by atoms with Gasteiger partial charge in [-0.05, 0) is 49.9 Å². The summed E-state index contributed by atoms with van der Waals surface area (Å²) in [5.74, 6) is 1.49. The summed E-state index contributed by atoms with van der Waals surface area (Å²) < 4.78 is 5.44. The molecule has 0 aliphatic carbocycles. The third-order valence-electron chi connectivity index (χ3n) is 3.38. The van der Waals surface area contributed by atoms with Crippen molar-refractivity contribution in [3.05, 3.63) is 29.8 Å². The second-order valence-electron chi connectivity index (χ2n) is 4.56. The van der Waals surface area contributed by atoms with Gasteiger partial charge < -0.3 is 15.2 Å². The number of aliphatic hydroxyl groups excluding tert-OH is 1. The topological polar surface area (TPSA) is 41.5 Å². The van der Waals surface area contributed by atoms with Crippen molar-refractivity contribution in [1.82, 2.24) is 5.32 Å². The maximum absolute atomic E-state index is 9.19. The Morgan fingerprint density at radius 2 is 2.12 bits per heavy atom. The van der Waals surface area contributed by atoms with Crippen LogP contribution in [0.25, 0.3) is 0 Å². The summed E-state index contributed by atoms with van der Waals surface area (Å²) >= 11 is 0. The summed E-state index contributed by atoms with van der Waals surface area (Å²) in [6.45, 7) is 3.92. The normalized spacial score (nSPS) is 24.6. The maximum Gasteiger partial charge on any atom is 0.119 e. The predicted octanol–water partition coefficient (Wildman–Crippen LogP) is 1.91. The van der Waals surface area contributed by atoms with Crippen molar-refractivity contribution in [2.24, 2.45) is 0 Å². The zero-order valence-electron chi connectivity index (χ0n) is 10.4. The van der Waals surface area contributed by atoms with Crippen LogP contribution >= 0.6 is 0 Å². The highest BCUT2D eigenvalue weighted by Gasteiger charge is 2.21. The molecule has 0 aromatic heterocycles. The SMILES string of the molecule is CCOc1ccc(C2CCNC(CO)C2)cc1. The lowest BCUT2D eigenvalue weighted by molar-refractivity contribution is 0.210. The van der Waals surface area contributed by atoms with E-state index in [4.69, 9.17) is 4.74 Å². The maximum atomic E-state index is 9.19. The van der Waals surface area contributed by atoms with Crippen molar-refractivity contribution in [3.8, 4) is 5.75 Å². The molecule has 1 aromatic carbocycles. The van der Waals surface area contributed by atoms with Gasteiger partial charge >= 0.3 is 0 Å². The number of hydrogen-bond acceptors (Lipinski definition) is 3. The van der Waals surface area contributed by atoms with Crippen LogP contribution in [-0.2, 0) is 0 Å². The van der Waals surface area contributed by atoms with Gasteiger partial charge in [-0.2, -0.15) is 0 Å². The molecule has 17 heavy (non-hydrogen) atoms. The molecule has 0 bridgehead atoms. The van der Waals surface area contributed by atoms with Crippen LogP contribution in [0.5, 0.6) is 5.75 Å². The van der Waals surface area contributed by atoms with Gasteiger partial charge in [0.1, 0.15) is 5.75 Å². The van der Waals surface area contributed by atoms with Gasteiger partial charge in [0.15, 0.2) is 0 Å². The molecular weight excluding hydrogens is 214 g/mol. The van der Waals surface area contributed by atoms with Crippen LogP contribution in [0.3, 0.4) is 0 Å². The van der Waals surface area contributed by atoms with E-state index in [9.17, 15) is 5.11 Å². The Morgan fingerprint density at radius 3 is 2.76 bits per heavy atom. The van der Waals surface area contributed by atoms with E-state index in [-0.39, 0.29) is 12.6 Å². The fourth-order valence-corrected chi connectivity index (χ4v) is 2.45. The molecule has 1 saturated heterocycles. The van der Waals surface area contributed by atoms with Crippen LogP contribution in [0.15, 0.2) is 24.3 Å². The van der Waals surface area contributed by atoms with Gasteiger partial charge in [0.25, 0.3) is 0 Å². The molecule has 2 unspecified atom stereocenters. The van der Waals surface area contributed by atoms with Crippen molar-refractivity contribution in [2.75, 3.05) is 19.8 Å². The van der Waals surface area contributed by atoms with Crippen LogP contribution in [0.2, 0.25) is 0 Å². The third kappa shape index (κ3) is 3.20. The van der Waals surface area contributed by atoms with Gasteiger partial charge in [-0.25, -0.2) is 0 Å². The zero-order chi connectivity index (χ0) is 12.1. The number of rotatable bonds is 4. The van der Waals surface area contributed by atoms with Gasteiger partial charge in [-0.1, -0.05) is 12.1 Å². The van der Waals surface area contributed by atoms with E-state index in [1.807, 2.05) is 19.1 Å². The molecule has 1 heterocycles. The highest BCUT2D eigenvalue weighted by atomic mass is 16.5. The summed E-state index contributed by atoms with van der Waals surface area (Å²) in [6, 6.07) is 8.62. The van der Waals surface area contributed by atoms with E-state index in [0.29, 0.717) is 12.5 Å². The average molecular weight is 235 g/mol. The number of aliphatic hydroxyl groups is 1. The molecule has 3 nitrogen and oxygen atoms in total. The quantitative estimate of drug-likeness (QED) is 0.837. The number of hydrogen-bond donors (Lipinski definition) is 2. The monoisotopic (exact) mass is 235 g/mol. The van der Waals surface area contributed by atoms with Crippen molar-refractivity contribution >= 4 is 0 Å². The smallest absolute Gasteiger partial charge is 0.119 e. The summed E-state index contributed by atoms with van der Waals surface area (Å²) in [5.41, 5.74) is 1.36. The van der Waals surface area contributed by atoms with Crippen molar-refractivity contribution < 1.29 is 9.84 Å². The van der Waals surface area contributed by atoms with Crippen LogP contribution in [0.4, 0.5) is 0 Å². The molecule has 2 atom stereocenters. The summed E-state index contributed by atoms with van der Waals surface area (Å²) in [4.78, 5) is 0. The molecule has 2 rings (SSSR count). The van der Waals surface area contributed by atoms with Crippen LogP contribution in [0.1, 0.15) is 31.2 Å². The Morgan fingerprint density at radius 1 is 1.35 bits per heavy atom. The molecule has 0 spiro atoms. The molecule has 0 amide bonds. The minimum atomic E-state index is 0.230. The molecule has 0 saturated carbocycles. The van der Waals surface area contributed by atoms with Gasteiger partial charge in [0.05, 0.1) is 13.2 Å². The van der Waals surface area contributed by atoms with Crippen LogP contribution < -0.4 is 10.1 Å². The minimum absolute atomic E-state index is 0.230. The number of piperidine rings is 1. The molecule has 94 valence electrons. The molecule has 1 aliphatic heterocycles. The molecular formula is C14H21NO2. The lowest BCUT2D eigenvalue weighted by Gasteiger charge is -2.29. The fourth-order valence-electron chi connectivity index (χ4n) is 2.45. The van der Waals surface area contributed by atoms with E-state index < -0.39 is 0 Å². The van der Waals surface area contributed by atoms with E-state index in [2.05, 4.69) is 17.4 Å².